The highest BCUT2D eigenvalue weighted by Gasteiger charge is 2.25. The number of nitrogens with zero attached hydrogens (tertiary/aromatic N) is 2. The summed E-state index contributed by atoms with van der Waals surface area (Å²) >= 11 is 18.6. The molecule has 0 unspecified atom stereocenters. The van der Waals surface area contributed by atoms with E-state index in [4.69, 9.17) is 44.3 Å². The molecule has 3 rings (SSSR count). The molecule has 33 heavy (non-hydrogen) atoms. The number of halogens is 3. The summed E-state index contributed by atoms with van der Waals surface area (Å²) in [5.41, 5.74) is 2.12. The van der Waals surface area contributed by atoms with Crippen molar-refractivity contribution >= 4 is 44.8 Å². The van der Waals surface area contributed by atoms with Gasteiger partial charge in [-0.1, -0.05) is 49.2 Å². The second-order valence-corrected chi connectivity index (χ2v) is 11.1. The second kappa shape index (κ2) is 10.6. The summed E-state index contributed by atoms with van der Waals surface area (Å²) in [5.74, 6) is 1.61. The van der Waals surface area contributed by atoms with Gasteiger partial charge in [-0.3, -0.25) is 0 Å². The zero-order chi connectivity index (χ0) is 24.2. The van der Waals surface area contributed by atoms with Gasteiger partial charge < -0.3 is 9.47 Å². The van der Waals surface area contributed by atoms with Crippen LogP contribution >= 0.6 is 34.8 Å². The van der Waals surface area contributed by atoms with E-state index in [9.17, 15) is 8.42 Å². The zero-order valence-corrected chi connectivity index (χ0v) is 21.6. The zero-order valence-electron chi connectivity index (χ0n) is 18.5. The summed E-state index contributed by atoms with van der Waals surface area (Å²) < 4.78 is 35.6. The summed E-state index contributed by atoms with van der Waals surface area (Å²) in [6.45, 7) is 4.76. The van der Waals surface area contributed by atoms with Crippen LogP contribution < -0.4 is 9.47 Å². The molecule has 1 heterocycles. The first-order valence-corrected chi connectivity index (χ1v) is 13.3. The van der Waals surface area contributed by atoms with Gasteiger partial charge in [-0.15, -0.1) is 11.6 Å². The number of rotatable bonds is 10. The molecule has 0 aliphatic carbocycles. The molecule has 0 atom stereocenters. The maximum Gasteiger partial charge on any atom is 0.236 e. The average molecular weight is 532 g/mol. The minimum absolute atomic E-state index is 0.154. The predicted molar refractivity (Wildman–Crippen MR) is 133 cm³/mol. The highest BCUT2D eigenvalue weighted by atomic mass is 35.5. The van der Waals surface area contributed by atoms with Crippen molar-refractivity contribution in [3.8, 4) is 11.5 Å². The van der Waals surface area contributed by atoms with Crippen molar-refractivity contribution < 1.29 is 17.9 Å². The van der Waals surface area contributed by atoms with Crippen LogP contribution in [0.25, 0.3) is 0 Å². The molecule has 0 amide bonds. The Hall–Kier alpha value is -1.93. The minimum atomic E-state index is -3.36. The number of imidazole rings is 1. The van der Waals surface area contributed by atoms with E-state index < -0.39 is 10.0 Å². The van der Waals surface area contributed by atoms with Crippen LogP contribution in [0.15, 0.2) is 48.9 Å². The molecule has 178 valence electrons. The van der Waals surface area contributed by atoms with Crippen molar-refractivity contribution in [2.75, 3.05) is 18.7 Å². The van der Waals surface area contributed by atoms with Gasteiger partial charge in [-0.25, -0.2) is 17.4 Å². The Labute approximate surface area is 209 Å². The van der Waals surface area contributed by atoms with Crippen LogP contribution in [0.2, 0.25) is 10.0 Å². The first-order valence-electron chi connectivity index (χ1n) is 10.2. The molecule has 0 spiro atoms. The van der Waals surface area contributed by atoms with E-state index in [1.165, 1.54) is 12.5 Å². The lowest BCUT2D eigenvalue weighted by atomic mass is 9.78. The summed E-state index contributed by atoms with van der Waals surface area (Å²) in [6, 6.07) is 11.4. The summed E-state index contributed by atoms with van der Waals surface area (Å²) in [7, 11) is -3.36. The molecule has 0 aliphatic heterocycles. The average Bonchev–Trinajstić information content (AvgIpc) is 3.24. The number of hydrogen-bond acceptors (Lipinski definition) is 5. The van der Waals surface area contributed by atoms with Crippen molar-refractivity contribution in [2.24, 2.45) is 0 Å². The third-order valence-corrected chi connectivity index (χ3v) is 7.00. The van der Waals surface area contributed by atoms with Gasteiger partial charge in [-0.05, 0) is 41.8 Å². The van der Waals surface area contributed by atoms with Crippen LogP contribution in [0.3, 0.4) is 0 Å². The Balaban J connectivity index is 1.72. The standard InChI is InChI=1S/C23H25Cl3N2O4S/c1-23(2,17-11-20(25)22(21(26)12-17)31-10-4-9-24)16-5-7-19(8-6-16)32-14-18-13-28(15-27-18)33(3,29)30/h5-8,11-13,15H,4,9-10,14H2,1-3H3. The molecule has 0 N–H and O–H groups in total. The van der Waals surface area contributed by atoms with Gasteiger partial charge in [0, 0.05) is 17.5 Å². The van der Waals surface area contributed by atoms with E-state index >= 15 is 0 Å². The van der Waals surface area contributed by atoms with Crippen LogP contribution in [-0.2, 0) is 22.0 Å². The highest BCUT2D eigenvalue weighted by molar-refractivity contribution is 7.89. The largest absolute Gasteiger partial charge is 0.490 e. The molecule has 0 saturated carbocycles. The highest BCUT2D eigenvalue weighted by Crippen LogP contribution is 2.40. The molecule has 0 fully saturated rings. The molecule has 1 aromatic heterocycles. The number of hydrogen-bond donors (Lipinski definition) is 0. The lowest BCUT2D eigenvalue weighted by molar-refractivity contribution is 0.301. The van der Waals surface area contributed by atoms with Crippen molar-refractivity contribution in [1.82, 2.24) is 8.96 Å². The fraction of sp³-hybridized carbons (Fsp3) is 0.348. The van der Waals surface area contributed by atoms with Crippen LogP contribution in [0.1, 0.15) is 37.1 Å². The molecular weight excluding hydrogens is 507 g/mol. The molecular formula is C23H25Cl3N2O4S. The summed E-state index contributed by atoms with van der Waals surface area (Å²) in [5, 5.41) is 0.905. The molecule has 3 aromatic rings. The lowest BCUT2D eigenvalue weighted by Gasteiger charge is -2.27. The summed E-state index contributed by atoms with van der Waals surface area (Å²) in [4.78, 5) is 4.06. The van der Waals surface area contributed by atoms with Crippen molar-refractivity contribution in [3.05, 3.63) is 75.8 Å². The van der Waals surface area contributed by atoms with Gasteiger partial charge in [0.25, 0.3) is 0 Å². The molecule has 0 saturated heterocycles. The monoisotopic (exact) mass is 530 g/mol. The van der Waals surface area contributed by atoms with Crippen molar-refractivity contribution in [2.45, 2.75) is 32.3 Å². The Morgan fingerprint density at radius 2 is 1.67 bits per heavy atom. The van der Waals surface area contributed by atoms with Crippen LogP contribution in [0.4, 0.5) is 0 Å². The summed E-state index contributed by atoms with van der Waals surface area (Å²) in [6.07, 6.45) is 4.51. The Bertz CT molecular complexity index is 1190. The van der Waals surface area contributed by atoms with Gasteiger partial charge in [0.2, 0.25) is 10.0 Å². The first-order chi connectivity index (χ1) is 15.5. The van der Waals surface area contributed by atoms with E-state index in [1.54, 1.807) is 0 Å². The third-order valence-electron chi connectivity index (χ3n) is 5.20. The minimum Gasteiger partial charge on any atom is -0.490 e. The van der Waals surface area contributed by atoms with E-state index in [0.29, 0.717) is 46.1 Å². The van der Waals surface area contributed by atoms with Gasteiger partial charge in [-0.2, -0.15) is 0 Å². The Kier molecular flexibility index (Phi) is 8.22. The fourth-order valence-corrected chi connectivity index (χ4v) is 4.42. The maximum absolute atomic E-state index is 11.5. The molecule has 0 radical (unpaired) electrons. The topological polar surface area (TPSA) is 70.4 Å². The van der Waals surface area contributed by atoms with Gasteiger partial charge in [0.05, 0.1) is 28.6 Å². The lowest BCUT2D eigenvalue weighted by Crippen LogP contribution is -2.19. The van der Waals surface area contributed by atoms with Gasteiger partial charge in [0.15, 0.2) is 5.75 Å². The second-order valence-electron chi connectivity index (χ2n) is 8.06. The van der Waals surface area contributed by atoms with Crippen LogP contribution in [-0.4, -0.2) is 36.1 Å². The van der Waals surface area contributed by atoms with E-state index in [2.05, 4.69) is 18.8 Å². The number of benzene rings is 2. The predicted octanol–water partition coefficient (Wildman–Crippen LogP) is 5.91. The molecule has 10 heteroatoms. The van der Waals surface area contributed by atoms with Gasteiger partial charge in [0.1, 0.15) is 18.7 Å². The van der Waals surface area contributed by atoms with E-state index in [1.807, 2.05) is 36.4 Å². The van der Waals surface area contributed by atoms with Crippen LogP contribution in [0.5, 0.6) is 11.5 Å². The molecule has 6 nitrogen and oxygen atoms in total. The molecule has 0 aliphatic rings. The van der Waals surface area contributed by atoms with E-state index in [-0.39, 0.29) is 12.0 Å². The number of alkyl halides is 1. The number of ether oxygens (including phenoxy) is 2. The van der Waals surface area contributed by atoms with E-state index in [0.717, 1.165) is 21.4 Å². The quantitative estimate of drug-likeness (QED) is 0.240. The molecule has 2 aromatic carbocycles. The van der Waals surface area contributed by atoms with Crippen molar-refractivity contribution in [3.63, 3.8) is 0 Å². The normalized spacial score (nSPS) is 12.1. The number of aromatic nitrogens is 2. The van der Waals surface area contributed by atoms with Crippen molar-refractivity contribution in [1.29, 1.82) is 0 Å². The Morgan fingerprint density at radius 3 is 2.21 bits per heavy atom. The SMILES string of the molecule is CC(C)(c1ccc(OCc2cn(S(C)(=O)=O)cn2)cc1)c1cc(Cl)c(OCCCCl)c(Cl)c1. The maximum atomic E-state index is 11.5. The smallest absolute Gasteiger partial charge is 0.236 e. The van der Waals surface area contributed by atoms with Crippen LogP contribution in [0, 0.1) is 0 Å². The Morgan fingerprint density at radius 1 is 1.03 bits per heavy atom. The van der Waals surface area contributed by atoms with Gasteiger partial charge >= 0.3 is 0 Å². The first kappa shape index (κ1) is 25.7. The third kappa shape index (κ3) is 6.35. The molecule has 0 bridgehead atoms. The fourth-order valence-electron chi connectivity index (χ4n) is 3.18.